The van der Waals surface area contributed by atoms with Gasteiger partial charge in [0.25, 0.3) is 0 Å². The summed E-state index contributed by atoms with van der Waals surface area (Å²) < 4.78 is 0. The fourth-order valence-corrected chi connectivity index (χ4v) is 8.96. The second kappa shape index (κ2) is 8.10. The number of hydrogen-bond acceptors (Lipinski definition) is 2. The highest BCUT2D eigenvalue weighted by Gasteiger charge is 2.62. The second-order valence-corrected chi connectivity index (χ2v) is 13.1. The van der Waals surface area contributed by atoms with E-state index in [2.05, 4.69) is 55.0 Å². The summed E-state index contributed by atoms with van der Waals surface area (Å²) in [6.45, 7) is 20.7. The predicted octanol–water partition coefficient (Wildman–Crippen LogP) is 7.51. The monoisotopic (exact) mass is 440 g/mol. The highest BCUT2D eigenvalue weighted by molar-refractivity contribution is 5.82. The maximum Gasteiger partial charge on any atom is 0.136 e. The number of carbonyl (C=O) groups is 1. The summed E-state index contributed by atoms with van der Waals surface area (Å²) in [4.78, 5) is 12.5. The zero-order valence-corrected chi connectivity index (χ0v) is 21.9. The summed E-state index contributed by atoms with van der Waals surface area (Å²) in [7, 11) is 0. The Kier molecular flexibility index (Phi) is 6.14. The predicted molar refractivity (Wildman–Crippen MR) is 133 cm³/mol. The molecular formula is C30H48O2. The van der Waals surface area contributed by atoms with Gasteiger partial charge in [-0.1, -0.05) is 71.8 Å². The maximum atomic E-state index is 12.5. The van der Waals surface area contributed by atoms with Crippen LogP contribution in [-0.4, -0.2) is 17.0 Å². The number of aliphatic hydroxyl groups excluding tert-OH is 1. The van der Waals surface area contributed by atoms with E-state index < -0.39 is 0 Å². The Morgan fingerprint density at radius 1 is 1.03 bits per heavy atom. The molecule has 2 heteroatoms. The number of hydrogen-bond donors (Lipinski definition) is 1. The van der Waals surface area contributed by atoms with E-state index in [1.54, 1.807) is 11.1 Å². The first kappa shape index (κ1) is 24.2. The average Bonchev–Trinajstić information content (AvgIpc) is 3.01. The topological polar surface area (TPSA) is 37.3 Å². The van der Waals surface area contributed by atoms with Crippen LogP contribution in [0.4, 0.5) is 0 Å². The van der Waals surface area contributed by atoms with E-state index in [0.717, 1.165) is 19.3 Å². The van der Waals surface area contributed by atoms with Crippen molar-refractivity contribution in [3.8, 4) is 0 Å². The third-order valence-electron chi connectivity index (χ3n) is 11.7. The molecule has 8 atom stereocenters. The lowest BCUT2D eigenvalue weighted by Gasteiger charge is -2.59. The minimum Gasteiger partial charge on any atom is -0.393 e. The van der Waals surface area contributed by atoms with Crippen LogP contribution in [-0.2, 0) is 4.79 Å². The minimum atomic E-state index is -0.289. The number of rotatable bonds is 5. The standard InChI is InChI=1S/C30H48O2/c1-18(2)19(3)17-27(32)21(5)23-11-15-30(8)25-10-9-22-20(4)26(31)13-14-28(22,6)24(25)12-16-29(23,30)7/h18,20-23,27,32H,3,9-17H2,1-2,4-8H3/t20-,21-,22-,23+,27+,28-,29+,30-/m0/s1. The lowest BCUT2D eigenvalue weighted by molar-refractivity contribution is -0.130. The smallest absolute Gasteiger partial charge is 0.136 e. The molecule has 4 rings (SSSR count). The van der Waals surface area contributed by atoms with Gasteiger partial charge in [0.1, 0.15) is 5.78 Å². The van der Waals surface area contributed by atoms with Gasteiger partial charge in [-0.15, -0.1) is 0 Å². The molecule has 32 heavy (non-hydrogen) atoms. The van der Waals surface area contributed by atoms with Crippen LogP contribution >= 0.6 is 0 Å². The first-order valence-electron chi connectivity index (χ1n) is 13.5. The third kappa shape index (κ3) is 3.33. The van der Waals surface area contributed by atoms with Crippen molar-refractivity contribution in [1.29, 1.82) is 0 Å². The average molecular weight is 441 g/mol. The Morgan fingerprint density at radius 2 is 1.72 bits per heavy atom. The number of fused-ring (bicyclic) bond motifs is 4. The van der Waals surface area contributed by atoms with E-state index in [0.29, 0.717) is 29.5 Å². The van der Waals surface area contributed by atoms with Crippen LogP contribution in [0, 0.1) is 45.8 Å². The van der Waals surface area contributed by atoms with Crippen LogP contribution in [0.1, 0.15) is 106 Å². The molecule has 180 valence electrons. The highest BCUT2D eigenvalue weighted by Crippen LogP contribution is 2.71. The van der Waals surface area contributed by atoms with Crippen molar-refractivity contribution in [3.63, 3.8) is 0 Å². The van der Waals surface area contributed by atoms with Crippen molar-refractivity contribution >= 4 is 5.78 Å². The van der Waals surface area contributed by atoms with E-state index in [4.69, 9.17) is 0 Å². The quantitative estimate of drug-likeness (QED) is 0.449. The van der Waals surface area contributed by atoms with Crippen molar-refractivity contribution in [2.75, 3.05) is 0 Å². The van der Waals surface area contributed by atoms with Gasteiger partial charge < -0.3 is 5.11 Å². The largest absolute Gasteiger partial charge is 0.393 e. The third-order valence-corrected chi connectivity index (χ3v) is 11.7. The maximum absolute atomic E-state index is 12.5. The van der Waals surface area contributed by atoms with Gasteiger partial charge in [0, 0.05) is 12.3 Å². The molecule has 0 aliphatic heterocycles. The van der Waals surface area contributed by atoms with E-state index in [-0.39, 0.29) is 28.3 Å². The summed E-state index contributed by atoms with van der Waals surface area (Å²) in [6.07, 6.45) is 9.57. The molecule has 0 aromatic rings. The lowest BCUT2D eigenvalue weighted by atomic mass is 9.45. The van der Waals surface area contributed by atoms with Gasteiger partial charge in [-0.25, -0.2) is 0 Å². The fourth-order valence-electron chi connectivity index (χ4n) is 8.96. The van der Waals surface area contributed by atoms with Gasteiger partial charge in [-0.3, -0.25) is 4.79 Å². The Hall–Kier alpha value is -0.890. The molecular weight excluding hydrogens is 392 g/mol. The molecule has 4 aliphatic carbocycles. The molecule has 0 bridgehead atoms. The van der Waals surface area contributed by atoms with Crippen LogP contribution in [0.15, 0.2) is 23.3 Å². The van der Waals surface area contributed by atoms with Crippen LogP contribution < -0.4 is 0 Å². The minimum absolute atomic E-state index is 0.226. The van der Waals surface area contributed by atoms with E-state index in [1.165, 1.54) is 44.1 Å². The van der Waals surface area contributed by atoms with Crippen LogP contribution in [0.25, 0.3) is 0 Å². The summed E-state index contributed by atoms with van der Waals surface area (Å²) >= 11 is 0. The number of carbonyl (C=O) groups excluding carboxylic acids is 1. The zero-order chi connectivity index (χ0) is 23.6. The SMILES string of the molecule is C=C(C[C@@H](O)[C@@H](C)[C@H]1CC[C@@]2(C)C3=C(CC[C@]12C)[C@@]1(C)CCC(=O)[C@@H](C)[C@@H]1CC3)C(C)C. The summed E-state index contributed by atoms with van der Waals surface area (Å²) in [5.41, 5.74) is 5.41. The van der Waals surface area contributed by atoms with E-state index in [1.807, 2.05) is 0 Å². The molecule has 0 amide bonds. The molecule has 4 aliphatic rings. The molecule has 2 nitrogen and oxygen atoms in total. The first-order chi connectivity index (χ1) is 14.9. The van der Waals surface area contributed by atoms with Crippen molar-refractivity contribution in [1.82, 2.24) is 0 Å². The van der Waals surface area contributed by atoms with Gasteiger partial charge >= 0.3 is 0 Å². The summed E-state index contributed by atoms with van der Waals surface area (Å²) in [5, 5.41) is 11.2. The number of ketones is 1. The molecule has 0 unspecified atom stereocenters. The zero-order valence-electron chi connectivity index (χ0n) is 21.9. The molecule has 1 N–H and O–H groups in total. The van der Waals surface area contributed by atoms with Gasteiger partial charge in [0.15, 0.2) is 0 Å². The lowest BCUT2D eigenvalue weighted by Crippen LogP contribution is -2.51. The van der Waals surface area contributed by atoms with Gasteiger partial charge in [-0.05, 0) is 91.3 Å². The molecule has 0 saturated heterocycles. The van der Waals surface area contributed by atoms with Gasteiger partial charge in [0.2, 0.25) is 0 Å². The van der Waals surface area contributed by atoms with E-state index >= 15 is 0 Å². The Bertz CT molecular complexity index is 821. The molecule has 2 fully saturated rings. The van der Waals surface area contributed by atoms with Crippen molar-refractivity contribution < 1.29 is 9.90 Å². The molecule has 0 aromatic heterocycles. The molecule has 0 aromatic carbocycles. The molecule has 0 spiro atoms. The number of allylic oxidation sites excluding steroid dienone is 2. The Balaban J connectivity index is 1.63. The normalized spacial score (nSPS) is 43.5. The van der Waals surface area contributed by atoms with E-state index in [9.17, 15) is 9.90 Å². The van der Waals surface area contributed by atoms with Crippen molar-refractivity contribution in [2.24, 2.45) is 45.8 Å². The summed E-state index contributed by atoms with van der Waals surface area (Å²) in [6, 6.07) is 0. The number of Topliss-reactive ketones (excluding diaryl/α,β-unsaturated/α-hetero) is 1. The van der Waals surface area contributed by atoms with Crippen molar-refractivity contribution in [3.05, 3.63) is 23.3 Å². The van der Waals surface area contributed by atoms with Gasteiger partial charge in [0.05, 0.1) is 6.10 Å². The fraction of sp³-hybridized carbons (Fsp3) is 0.833. The highest BCUT2D eigenvalue weighted by atomic mass is 16.3. The number of aliphatic hydroxyl groups is 1. The molecule has 0 heterocycles. The second-order valence-electron chi connectivity index (χ2n) is 13.1. The molecule has 0 radical (unpaired) electrons. The Morgan fingerprint density at radius 3 is 2.38 bits per heavy atom. The molecule has 2 saturated carbocycles. The van der Waals surface area contributed by atoms with Crippen LogP contribution in [0.2, 0.25) is 0 Å². The summed E-state index contributed by atoms with van der Waals surface area (Å²) in [5.74, 6) is 2.56. The Labute approximate surface area is 197 Å². The van der Waals surface area contributed by atoms with Crippen LogP contribution in [0.3, 0.4) is 0 Å². The van der Waals surface area contributed by atoms with Crippen LogP contribution in [0.5, 0.6) is 0 Å². The van der Waals surface area contributed by atoms with Gasteiger partial charge in [-0.2, -0.15) is 0 Å². The first-order valence-corrected chi connectivity index (χ1v) is 13.5. The van der Waals surface area contributed by atoms with Crippen molar-refractivity contribution in [2.45, 2.75) is 112 Å².